The molecule has 2 aromatic carbocycles. The van der Waals surface area contributed by atoms with E-state index < -0.39 is 0 Å². The Labute approximate surface area is 104 Å². The van der Waals surface area contributed by atoms with Gasteiger partial charge in [0.2, 0.25) is 0 Å². The highest BCUT2D eigenvalue weighted by molar-refractivity contribution is 5.84. The molecule has 0 aliphatic rings. The van der Waals surface area contributed by atoms with Crippen LogP contribution in [-0.4, -0.2) is 20.2 Å². The summed E-state index contributed by atoms with van der Waals surface area (Å²) in [5, 5.41) is 19.6. The van der Waals surface area contributed by atoms with Gasteiger partial charge in [-0.05, 0) is 30.7 Å². The Hall–Kier alpha value is -2.49. The van der Waals surface area contributed by atoms with E-state index in [0.29, 0.717) is 11.4 Å². The molecule has 0 spiro atoms. The number of rotatable bonds is 1. The molecule has 0 bridgehead atoms. The maximum atomic E-state index is 9.82. The third-order valence-electron chi connectivity index (χ3n) is 2.97. The lowest BCUT2D eigenvalue weighted by molar-refractivity contribution is 0.453. The van der Waals surface area contributed by atoms with Gasteiger partial charge in [0.1, 0.15) is 22.9 Å². The molecule has 3 N–H and O–H groups in total. The predicted octanol–water partition coefficient (Wildman–Crippen LogP) is 2.95. The van der Waals surface area contributed by atoms with Crippen LogP contribution < -0.4 is 0 Å². The van der Waals surface area contributed by atoms with Crippen molar-refractivity contribution in [1.82, 2.24) is 9.97 Å². The van der Waals surface area contributed by atoms with E-state index in [1.54, 1.807) is 6.07 Å². The van der Waals surface area contributed by atoms with E-state index in [1.165, 1.54) is 12.1 Å². The lowest BCUT2D eigenvalue weighted by Crippen LogP contribution is -1.82. The maximum absolute atomic E-state index is 9.82. The van der Waals surface area contributed by atoms with Crippen LogP contribution in [0.4, 0.5) is 0 Å². The summed E-state index contributed by atoms with van der Waals surface area (Å²) < 4.78 is 0. The second-order valence-corrected chi connectivity index (χ2v) is 4.23. The summed E-state index contributed by atoms with van der Waals surface area (Å²) in [6.07, 6.45) is 0. The summed E-state index contributed by atoms with van der Waals surface area (Å²) in [4.78, 5) is 7.53. The third-order valence-corrected chi connectivity index (χ3v) is 2.97. The van der Waals surface area contributed by atoms with Crippen LogP contribution in [0, 0.1) is 6.92 Å². The summed E-state index contributed by atoms with van der Waals surface area (Å²) >= 11 is 0. The Kier molecular flexibility index (Phi) is 2.23. The zero-order chi connectivity index (χ0) is 12.7. The van der Waals surface area contributed by atoms with Crippen LogP contribution in [0.15, 0.2) is 36.4 Å². The lowest BCUT2D eigenvalue weighted by atomic mass is 10.1. The summed E-state index contributed by atoms with van der Waals surface area (Å²) in [6, 6.07) is 10.4. The number of benzene rings is 2. The minimum absolute atomic E-state index is 0.00621. The van der Waals surface area contributed by atoms with Crippen LogP contribution in [0.1, 0.15) is 5.56 Å². The van der Waals surface area contributed by atoms with Gasteiger partial charge >= 0.3 is 0 Å². The molecule has 90 valence electrons. The maximum Gasteiger partial charge on any atom is 0.146 e. The average Bonchev–Trinajstić information content (AvgIpc) is 2.74. The summed E-state index contributed by atoms with van der Waals surface area (Å²) in [7, 11) is 0. The van der Waals surface area contributed by atoms with Crippen molar-refractivity contribution >= 4 is 11.0 Å². The van der Waals surface area contributed by atoms with E-state index in [-0.39, 0.29) is 11.5 Å². The van der Waals surface area contributed by atoms with Crippen molar-refractivity contribution < 1.29 is 10.2 Å². The quantitative estimate of drug-likeness (QED) is 0.612. The smallest absolute Gasteiger partial charge is 0.146 e. The van der Waals surface area contributed by atoms with E-state index in [4.69, 9.17) is 0 Å². The fourth-order valence-electron chi connectivity index (χ4n) is 2.06. The fourth-order valence-corrected chi connectivity index (χ4v) is 2.06. The van der Waals surface area contributed by atoms with Crippen molar-refractivity contribution in [1.29, 1.82) is 0 Å². The van der Waals surface area contributed by atoms with Gasteiger partial charge in [0.15, 0.2) is 0 Å². The zero-order valence-corrected chi connectivity index (χ0v) is 9.81. The normalized spacial score (nSPS) is 10.9. The SMILES string of the molecule is Cc1cccc2[nH]c(-c3c(O)cccc3O)nc12. The number of para-hydroxylation sites is 1. The molecule has 1 aromatic heterocycles. The second-order valence-electron chi connectivity index (χ2n) is 4.23. The molecular weight excluding hydrogens is 228 g/mol. The zero-order valence-electron chi connectivity index (χ0n) is 9.81. The summed E-state index contributed by atoms with van der Waals surface area (Å²) in [5.41, 5.74) is 3.10. The van der Waals surface area contributed by atoms with E-state index in [2.05, 4.69) is 9.97 Å². The van der Waals surface area contributed by atoms with Crippen molar-refractivity contribution in [2.24, 2.45) is 0 Å². The number of phenolic OH excluding ortho intramolecular Hbond substituents is 2. The molecule has 4 nitrogen and oxygen atoms in total. The Morgan fingerprint density at radius 3 is 2.33 bits per heavy atom. The van der Waals surface area contributed by atoms with Gasteiger partial charge in [0.25, 0.3) is 0 Å². The number of H-pyrrole nitrogens is 1. The second kappa shape index (κ2) is 3.77. The molecule has 18 heavy (non-hydrogen) atoms. The number of aromatic nitrogens is 2. The van der Waals surface area contributed by atoms with Crippen molar-refractivity contribution in [2.75, 3.05) is 0 Å². The van der Waals surface area contributed by atoms with Gasteiger partial charge in [-0.2, -0.15) is 0 Å². The van der Waals surface area contributed by atoms with E-state index >= 15 is 0 Å². The highest BCUT2D eigenvalue weighted by Crippen LogP contribution is 2.36. The molecule has 0 fully saturated rings. The molecule has 0 radical (unpaired) electrons. The number of aryl methyl sites for hydroxylation is 1. The van der Waals surface area contributed by atoms with Crippen molar-refractivity contribution in [3.8, 4) is 22.9 Å². The number of aromatic amines is 1. The van der Waals surface area contributed by atoms with E-state index in [1.807, 2.05) is 25.1 Å². The molecule has 0 aliphatic carbocycles. The Bertz CT molecular complexity index is 711. The molecule has 0 saturated heterocycles. The standard InChI is InChI=1S/C14H12N2O2/c1-8-4-2-5-9-13(8)16-14(15-9)12-10(17)6-3-7-11(12)18/h2-7,17-18H,1H3,(H,15,16). The molecular formula is C14H12N2O2. The van der Waals surface area contributed by atoms with Crippen LogP contribution in [0.2, 0.25) is 0 Å². The Morgan fingerprint density at radius 1 is 1.00 bits per heavy atom. The van der Waals surface area contributed by atoms with Gasteiger partial charge < -0.3 is 15.2 Å². The molecule has 0 aliphatic heterocycles. The summed E-state index contributed by atoms with van der Waals surface area (Å²) in [5.74, 6) is 0.480. The monoisotopic (exact) mass is 240 g/mol. The first-order valence-electron chi connectivity index (χ1n) is 5.63. The van der Waals surface area contributed by atoms with Gasteiger partial charge in [-0.1, -0.05) is 18.2 Å². The Balaban J connectivity index is 2.30. The fraction of sp³-hybridized carbons (Fsp3) is 0.0714. The van der Waals surface area contributed by atoms with Gasteiger partial charge in [-0.3, -0.25) is 0 Å². The average molecular weight is 240 g/mol. The largest absolute Gasteiger partial charge is 0.507 e. The minimum atomic E-state index is 0.00621. The van der Waals surface area contributed by atoms with Crippen molar-refractivity contribution in [2.45, 2.75) is 6.92 Å². The first-order chi connectivity index (χ1) is 8.66. The molecule has 0 saturated carbocycles. The Morgan fingerprint density at radius 2 is 1.67 bits per heavy atom. The van der Waals surface area contributed by atoms with Crippen LogP contribution in [0.5, 0.6) is 11.5 Å². The van der Waals surface area contributed by atoms with Gasteiger partial charge in [-0.15, -0.1) is 0 Å². The first-order valence-corrected chi connectivity index (χ1v) is 5.63. The molecule has 3 rings (SSSR count). The molecule has 0 atom stereocenters. The van der Waals surface area contributed by atoms with Crippen molar-refractivity contribution in [3.63, 3.8) is 0 Å². The van der Waals surface area contributed by atoms with E-state index in [0.717, 1.165) is 16.6 Å². The third kappa shape index (κ3) is 1.50. The molecule has 4 heteroatoms. The first kappa shape index (κ1) is 10.7. The van der Waals surface area contributed by atoms with Crippen LogP contribution >= 0.6 is 0 Å². The number of imidazole rings is 1. The molecule has 1 heterocycles. The number of hydrogen-bond donors (Lipinski definition) is 3. The number of fused-ring (bicyclic) bond motifs is 1. The molecule has 0 amide bonds. The van der Waals surface area contributed by atoms with Gasteiger partial charge in [0.05, 0.1) is 11.0 Å². The number of nitrogens with zero attached hydrogens (tertiary/aromatic N) is 1. The van der Waals surface area contributed by atoms with Gasteiger partial charge in [0, 0.05) is 0 Å². The minimum Gasteiger partial charge on any atom is -0.507 e. The van der Waals surface area contributed by atoms with Gasteiger partial charge in [-0.25, -0.2) is 4.98 Å². The van der Waals surface area contributed by atoms with Crippen LogP contribution in [0.25, 0.3) is 22.4 Å². The molecule has 3 aromatic rings. The highest BCUT2D eigenvalue weighted by Gasteiger charge is 2.14. The predicted molar refractivity (Wildman–Crippen MR) is 69.6 cm³/mol. The highest BCUT2D eigenvalue weighted by atomic mass is 16.3. The van der Waals surface area contributed by atoms with Crippen molar-refractivity contribution in [3.05, 3.63) is 42.0 Å². The molecule has 0 unspecified atom stereocenters. The lowest BCUT2D eigenvalue weighted by Gasteiger charge is -2.02. The topological polar surface area (TPSA) is 69.1 Å². The number of hydrogen-bond acceptors (Lipinski definition) is 3. The number of phenols is 2. The number of aromatic hydroxyl groups is 2. The summed E-state index contributed by atoms with van der Waals surface area (Å²) in [6.45, 7) is 1.97. The number of nitrogens with one attached hydrogen (secondary N) is 1. The van der Waals surface area contributed by atoms with Crippen LogP contribution in [-0.2, 0) is 0 Å². The van der Waals surface area contributed by atoms with E-state index in [9.17, 15) is 10.2 Å². The van der Waals surface area contributed by atoms with Crippen LogP contribution in [0.3, 0.4) is 0 Å².